The normalized spacial score (nSPS) is 11.2. The van der Waals surface area contributed by atoms with Gasteiger partial charge in [-0.3, -0.25) is 0 Å². The van der Waals surface area contributed by atoms with E-state index in [1.807, 2.05) is 16.8 Å². The van der Waals surface area contributed by atoms with Gasteiger partial charge in [0.05, 0.1) is 11.8 Å². The van der Waals surface area contributed by atoms with Crippen LogP contribution >= 0.6 is 0 Å². The van der Waals surface area contributed by atoms with E-state index in [2.05, 4.69) is 9.97 Å². The van der Waals surface area contributed by atoms with Gasteiger partial charge in [-0.15, -0.1) is 0 Å². The van der Waals surface area contributed by atoms with Crippen LogP contribution in [0.15, 0.2) is 36.9 Å². The number of nitrogens with two attached hydrogens (primary N) is 1. The van der Waals surface area contributed by atoms with Crippen LogP contribution in [-0.4, -0.2) is 19.1 Å². The molecule has 6 heteroatoms. The first-order valence-electron chi connectivity index (χ1n) is 5.61. The molecule has 2 aromatic heterocycles. The smallest absolute Gasteiger partial charge is 0.201 e. The van der Waals surface area contributed by atoms with E-state index in [9.17, 15) is 4.39 Å². The van der Waals surface area contributed by atoms with Gasteiger partial charge in [-0.1, -0.05) is 6.07 Å². The molecule has 3 rings (SSSR count). The molecule has 0 radical (unpaired) electrons. The maximum absolute atomic E-state index is 13.5. The highest BCUT2D eigenvalue weighted by Crippen LogP contribution is 2.20. The highest BCUT2D eigenvalue weighted by atomic mass is 19.1. The van der Waals surface area contributed by atoms with Crippen LogP contribution in [0.2, 0.25) is 0 Å². The van der Waals surface area contributed by atoms with E-state index in [0.717, 1.165) is 0 Å². The summed E-state index contributed by atoms with van der Waals surface area (Å²) in [5.74, 6) is -0.0178. The van der Waals surface area contributed by atoms with Crippen molar-refractivity contribution in [2.45, 2.75) is 13.1 Å². The number of benzene rings is 1. The fraction of sp³-hybridized carbons (Fsp3) is 0.167. The summed E-state index contributed by atoms with van der Waals surface area (Å²) >= 11 is 0. The van der Waals surface area contributed by atoms with Crippen LogP contribution in [0.1, 0.15) is 0 Å². The van der Waals surface area contributed by atoms with E-state index in [4.69, 9.17) is 5.73 Å². The Bertz CT molecular complexity index is 671. The van der Waals surface area contributed by atoms with E-state index in [1.54, 1.807) is 23.2 Å². The number of halogens is 1. The summed E-state index contributed by atoms with van der Waals surface area (Å²) in [7, 11) is 0. The molecule has 0 aliphatic heterocycles. The highest BCUT2D eigenvalue weighted by Gasteiger charge is 2.10. The minimum absolute atomic E-state index is 0.320. The zero-order valence-electron chi connectivity index (χ0n) is 9.62. The molecule has 2 N–H and O–H groups in total. The molecule has 0 fully saturated rings. The molecule has 0 saturated heterocycles. The van der Waals surface area contributed by atoms with Crippen LogP contribution in [0.3, 0.4) is 0 Å². The van der Waals surface area contributed by atoms with Crippen molar-refractivity contribution in [1.82, 2.24) is 19.1 Å². The summed E-state index contributed by atoms with van der Waals surface area (Å²) in [6, 6.07) is 4.86. The molecule has 0 unspecified atom stereocenters. The van der Waals surface area contributed by atoms with Crippen molar-refractivity contribution in [3.05, 3.63) is 42.7 Å². The van der Waals surface area contributed by atoms with Crippen molar-refractivity contribution < 1.29 is 4.39 Å². The van der Waals surface area contributed by atoms with E-state index in [0.29, 0.717) is 30.1 Å². The zero-order chi connectivity index (χ0) is 12.5. The van der Waals surface area contributed by atoms with Gasteiger partial charge in [0.25, 0.3) is 0 Å². The number of aryl methyl sites for hydroxylation is 2. The van der Waals surface area contributed by atoms with Crippen molar-refractivity contribution in [3.8, 4) is 0 Å². The lowest BCUT2D eigenvalue weighted by Gasteiger charge is -2.06. The Balaban J connectivity index is 1.96. The van der Waals surface area contributed by atoms with Crippen molar-refractivity contribution in [2.75, 3.05) is 5.73 Å². The molecular formula is C12H12FN5. The Kier molecular flexibility index (Phi) is 2.47. The number of hydrogen-bond donors (Lipinski definition) is 1. The molecule has 0 bridgehead atoms. The first kappa shape index (κ1) is 10.8. The van der Waals surface area contributed by atoms with Crippen LogP contribution in [-0.2, 0) is 13.1 Å². The molecule has 5 nitrogen and oxygen atoms in total. The summed E-state index contributed by atoms with van der Waals surface area (Å²) in [5, 5.41) is 0. The lowest BCUT2D eigenvalue weighted by Crippen LogP contribution is -2.08. The average molecular weight is 245 g/mol. The fourth-order valence-corrected chi connectivity index (χ4v) is 2.00. The lowest BCUT2D eigenvalue weighted by molar-refractivity contribution is 0.594. The first-order chi connectivity index (χ1) is 8.75. The minimum Gasteiger partial charge on any atom is -0.369 e. The highest BCUT2D eigenvalue weighted by molar-refractivity contribution is 5.78. The third-order valence-corrected chi connectivity index (χ3v) is 2.90. The zero-order valence-corrected chi connectivity index (χ0v) is 9.62. The molecule has 18 heavy (non-hydrogen) atoms. The molecule has 1 aromatic carbocycles. The average Bonchev–Trinajstić information content (AvgIpc) is 2.95. The van der Waals surface area contributed by atoms with E-state index >= 15 is 0 Å². The van der Waals surface area contributed by atoms with Crippen LogP contribution in [0, 0.1) is 5.82 Å². The standard InChI is InChI=1S/C12H12FN5/c13-9-2-1-3-10-11(9)16-12(14)18(10)7-6-17-5-4-15-8-17/h1-5,8H,6-7H2,(H2,14,16). The number of rotatable bonds is 3. The Morgan fingerprint density at radius 3 is 2.94 bits per heavy atom. The molecule has 0 aliphatic carbocycles. The second-order valence-electron chi connectivity index (χ2n) is 4.03. The number of fused-ring (bicyclic) bond motifs is 1. The number of aromatic nitrogens is 4. The predicted molar refractivity (Wildman–Crippen MR) is 66.3 cm³/mol. The Morgan fingerprint density at radius 2 is 2.17 bits per heavy atom. The molecule has 0 aliphatic rings. The SMILES string of the molecule is Nc1nc2c(F)cccc2n1CCn1ccnc1. The molecule has 0 amide bonds. The summed E-state index contributed by atoms with van der Waals surface area (Å²) in [4.78, 5) is 8.02. The van der Waals surface area contributed by atoms with Gasteiger partial charge in [-0.2, -0.15) is 0 Å². The maximum atomic E-state index is 13.5. The second kappa shape index (κ2) is 4.14. The Hall–Kier alpha value is -2.37. The largest absolute Gasteiger partial charge is 0.369 e. The van der Waals surface area contributed by atoms with Crippen LogP contribution in [0.25, 0.3) is 11.0 Å². The summed E-state index contributed by atoms with van der Waals surface area (Å²) in [5.41, 5.74) is 6.86. The van der Waals surface area contributed by atoms with Crippen molar-refractivity contribution in [1.29, 1.82) is 0 Å². The molecule has 0 atom stereocenters. The predicted octanol–water partition coefficient (Wildman–Crippen LogP) is 1.65. The fourth-order valence-electron chi connectivity index (χ4n) is 2.00. The van der Waals surface area contributed by atoms with Gasteiger partial charge in [0.2, 0.25) is 5.95 Å². The molecule has 2 heterocycles. The number of anilines is 1. The second-order valence-corrected chi connectivity index (χ2v) is 4.03. The van der Waals surface area contributed by atoms with Gasteiger partial charge in [0.1, 0.15) is 5.52 Å². The number of imidazole rings is 2. The molecule has 92 valence electrons. The van der Waals surface area contributed by atoms with E-state index in [-0.39, 0.29) is 5.82 Å². The monoisotopic (exact) mass is 245 g/mol. The van der Waals surface area contributed by atoms with Gasteiger partial charge in [-0.25, -0.2) is 14.4 Å². The van der Waals surface area contributed by atoms with Crippen LogP contribution in [0.5, 0.6) is 0 Å². The van der Waals surface area contributed by atoms with Gasteiger partial charge >= 0.3 is 0 Å². The van der Waals surface area contributed by atoms with Crippen LogP contribution < -0.4 is 5.73 Å². The summed E-state index contributed by atoms with van der Waals surface area (Å²) in [6.07, 6.45) is 5.32. The minimum atomic E-state index is -0.347. The van der Waals surface area contributed by atoms with Crippen molar-refractivity contribution in [2.24, 2.45) is 0 Å². The summed E-state index contributed by atoms with van der Waals surface area (Å²) < 4.78 is 17.3. The van der Waals surface area contributed by atoms with Gasteiger partial charge < -0.3 is 14.9 Å². The van der Waals surface area contributed by atoms with Crippen molar-refractivity contribution >= 4 is 17.0 Å². The van der Waals surface area contributed by atoms with Crippen LogP contribution in [0.4, 0.5) is 10.3 Å². The molecule has 0 saturated carbocycles. The van der Waals surface area contributed by atoms with Gasteiger partial charge in [0.15, 0.2) is 5.82 Å². The van der Waals surface area contributed by atoms with E-state index < -0.39 is 0 Å². The Morgan fingerprint density at radius 1 is 1.28 bits per heavy atom. The maximum Gasteiger partial charge on any atom is 0.201 e. The van der Waals surface area contributed by atoms with Gasteiger partial charge in [0, 0.05) is 25.5 Å². The summed E-state index contributed by atoms with van der Waals surface area (Å²) in [6.45, 7) is 1.34. The first-order valence-corrected chi connectivity index (χ1v) is 5.61. The molecule has 3 aromatic rings. The molecular weight excluding hydrogens is 233 g/mol. The number of para-hydroxylation sites is 1. The topological polar surface area (TPSA) is 61.7 Å². The number of hydrogen-bond acceptors (Lipinski definition) is 3. The third kappa shape index (κ3) is 1.71. The van der Waals surface area contributed by atoms with Crippen molar-refractivity contribution in [3.63, 3.8) is 0 Å². The Labute approximate surface area is 103 Å². The number of nitrogen functional groups attached to an aromatic ring is 1. The van der Waals surface area contributed by atoms with E-state index in [1.165, 1.54) is 6.07 Å². The lowest BCUT2D eigenvalue weighted by atomic mass is 10.3. The third-order valence-electron chi connectivity index (χ3n) is 2.90. The van der Waals surface area contributed by atoms with Gasteiger partial charge in [-0.05, 0) is 12.1 Å². The molecule has 0 spiro atoms. The quantitative estimate of drug-likeness (QED) is 0.763. The number of nitrogens with zero attached hydrogens (tertiary/aromatic N) is 4.